The number of carbonyl (C=O) groups is 1. The molecule has 2 aromatic rings. The van der Waals surface area contributed by atoms with E-state index >= 15 is 0 Å². The van der Waals surface area contributed by atoms with Crippen molar-refractivity contribution >= 4 is 27.6 Å². The monoisotopic (exact) mass is 323 g/mol. The van der Waals surface area contributed by atoms with Gasteiger partial charge in [-0.15, -0.1) is 0 Å². The van der Waals surface area contributed by atoms with Crippen molar-refractivity contribution in [1.82, 2.24) is 0 Å². The third-order valence-corrected chi connectivity index (χ3v) is 3.06. The number of carboxylic acids is 1. The van der Waals surface area contributed by atoms with Gasteiger partial charge in [0.05, 0.1) is 0 Å². The normalized spacial score (nSPS) is 11.9. The van der Waals surface area contributed by atoms with Crippen molar-refractivity contribution in [2.75, 3.05) is 5.32 Å². The summed E-state index contributed by atoms with van der Waals surface area (Å²) in [4.78, 5) is 11.3. The van der Waals surface area contributed by atoms with Crippen LogP contribution in [-0.2, 0) is 4.79 Å². The molecule has 0 fully saturated rings. The van der Waals surface area contributed by atoms with Crippen LogP contribution in [-0.4, -0.2) is 11.1 Å². The minimum absolute atomic E-state index is 0.414. The highest BCUT2D eigenvalue weighted by molar-refractivity contribution is 9.10. The molecule has 0 saturated heterocycles. The molecule has 1 unspecified atom stereocenters. The lowest BCUT2D eigenvalue weighted by atomic mass is 10.1. The Labute approximate surface area is 118 Å². The summed E-state index contributed by atoms with van der Waals surface area (Å²) in [6, 6.07) is 11.8. The van der Waals surface area contributed by atoms with Crippen LogP contribution in [0.2, 0.25) is 0 Å². The van der Waals surface area contributed by atoms with E-state index in [0.717, 1.165) is 4.47 Å². The van der Waals surface area contributed by atoms with Crippen molar-refractivity contribution in [2.45, 2.75) is 6.04 Å². The molecule has 0 radical (unpaired) electrons. The molecular formula is C14H11BrFNO2. The van der Waals surface area contributed by atoms with E-state index in [-0.39, 0.29) is 0 Å². The van der Waals surface area contributed by atoms with E-state index in [1.807, 2.05) is 6.07 Å². The number of anilines is 1. The molecule has 98 valence electrons. The fourth-order valence-corrected chi connectivity index (χ4v) is 2.14. The first-order chi connectivity index (χ1) is 9.06. The van der Waals surface area contributed by atoms with Crippen LogP contribution in [0.25, 0.3) is 0 Å². The number of carboxylic acid groups (broad SMARTS) is 1. The van der Waals surface area contributed by atoms with Gasteiger partial charge in [0.2, 0.25) is 0 Å². The molecule has 0 spiro atoms. The van der Waals surface area contributed by atoms with Crippen LogP contribution >= 0.6 is 15.9 Å². The molecule has 1 atom stereocenters. The number of halogens is 2. The molecule has 2 rings (SSSR count). The highest BCUT2D eigenvalue weighted by atomic mass is 79.9. The zero-order chi connectivity index (χ0) is 13.8. The van der Waals surface area contributed by atoms with E-state index in [1.54, 1.807) is 24.3 Å². The summed E-state index contributed by atoms with van der Waals surface area (Å²) in [5, 5.41) is 12.1. The SMILES string of the molecule is O=C(O)C(Nc1cccc(F)c1)c1cccc(Br)c1. The molecule has 0 aliphatic rings. The largest absolute Gasteiger partial charge is 0.479 e. The average molecular weight is 324 g/mol. The van der Waals surface area contributed by atoms with Crippen LogP contribution in [0.1, 0.15) is 11.6 Å². The van der Waals surface area contributed by atoms with E-state index in [9.17, 15) is 14.3 Å². The maximum absolute atomic E-state index is 13.1. The van der Waals surface area contributed by atoms with Crippen LogP contribution in [0, 0.1) is 5.82 Å². The van der Waals surface area contributed by atoms with Crippen molar-refractivity contribution in [3.05, 3.63) is 64.4 Å². The molecule has 3 nitrogen and oxygen atoms in total. The quantitative estimate of drug-likeness (QED) is 0.899. The van der Waals surface area contributed by atoms with Gasteiger partial charge >= 0.3 is 5.97 Å². The van der Waals surface area contributed by atoms with Crippen molar-refractivity contribution in [3.63, 3.8) is 0 Å². The fraction of sp³-hybridized carbons (Fsp3) is 0.0714. The number of nitrogens with one attached hydrogen (secondary N) is 1. The molecule has 0 saturated carbocycles. The number of rotatable bonds is 4. The first-order valence-corrected chi connectivity index (χ1v) is 6.36. The highest BCUT2D eigenvalue weighted by Crippen LogP contribution is 2.23. The molecule has 0 amide bonds. The summed E-state index contributed by atoms with van der Waals surface area (Å²) in [7, 11) is 0. The zero-order valence-corrected chi connectivity index (χ0v) is 11.4. The highest BCUT2D eigenvalue weighted by Gasteiger charge is 2.19. The molecule has 5 heteroatoms. The first kappa shape index (κ1) is 13.5. The number of hydrogen-bond donors (Lipinski definition) is 2. The summed E-state index contributed by atoms with van der Waals surface area (Å²) in [5.41, 5.74) is 1.01. The third kappa shape index (κ3) is 3.54. The molecule has 2 N–H and O–H groups in total. The van der Waals surface area contributed by atoms with Gasteiger partial charge in [0, 0.05) is 10.2 Å². The lowest BCUT2D eigenvalue weighted by molar-refractivity contribution is -0.138. The molecule has 0 aliphatic heterocycles. The Bertz CT molecular complexity index is 604. The van der Waals surface area contributed by atoms with Gasteiger partial charge in [-0.2, -0.15) is 0 Å². The second-order valence-electron chi connectivity index (χ2n) is 3.98. The minimum Gasteiger partial charge on any atom is -0.479 e. The van der Waals surface area contributed by atoms with E-state index in [0.29, 0.717) is 11.3 Å². The Balaban J connectivity index is 2.29. The Kier molecular flexibility index (Phi) is 4.16. The predicted octanol–water partition coefficient (Wildman–Crippen LogP) is 3.83. The van der Waals surface area contributed by atoms with Crippen molar-refractivity contribution in [3.8, 4) is 0 Å². The molecule has 19 heavy (non-hydrogen) atoms. The number of benzene rings is 2. The van der Waals surface area contributed by atoms with Crippen molar-refractivity contribution < 1.29 is 14.3 Å². The maximum Gasteiger partial charge on any atom is 0.330 e. The second-order valence-corrected chi connectivity index (χ2v) is 4.90. The smallest absolute Gasteiger partial charge is 0.330 e. The van der Waals surface area contributed by atoms with E-state index < -0.39 is 17.8 Å². The molecule has 0 aromatic heterocycles. The van der Waals surface area contributed by atoms with Crippen molar-refractivity contribution in [1.29, 1.82) is 0 Å². The summed E-state index contributed by atoms with van der Waals surface area (Å²) in [6.07, 6.45) is 0. The lowest BCUT2D eigenvalue weighted by Crippen LogP contribution is -2.20. The maximum atomic E-state index is 13.1. The van der Waals surface area contributed by atoms with Crippen LogP contribution in [0.15, 0.2) is 53.0 Å². The lowest BCUT2D eigenvalue weighted by Gasteiger charge is -2.16. The van der Waals surface area contributed by atoms with Crippen molar-refractivity contribution in [2.24, 2.45) is 0 Å². The number of hydrogen-bond acceptors (Lipinski definition) is 2. The summed E-state index contributed by atoms with van der Waals surface area (Å²) < 4.78 is 13.9. The van der Waals surface area contributed by atoms with Gasteiger partial charge in [-0.05, 0) is 35.9 Å². The first-order valence-electron chi connectivity index (χ1n) is 5.56. The fourth-order valence-electron chi connectivity index (χ4n) is 1.72. The Morgan fingerprint density at radius 2 is 1.95 bits per heavy atom. The average Bonchev–Trinajstić information content (AvgIpc) is 2.35. The Morgan fingerprint density at radius 3 is 2.58 bits per heavy atom. The van der Waals surface area contributed by atoms with Crippen LogP contribution in [0.5, 0.6) is 0 Å². The number of aliphatic carboxylic acids is 1. The standard InChI is InChI=1S/C14H11BrFNO2/c15-10-4-1-3-9(7-10)13(14(18)19)17-12-6-2-5-11(16)8-12/h1-8,13,17H,(H,18,19). The molecule has 0 bridgehead atoms. The van der Waals surface area contributed by atoms with Crippen LogP contribution in [0.3, 0.4) is 0 Å². The topological polar surface area (TPSA) is 49.3 Å². The Morgan fingerprint density at radius 1 is 1.21 bits per heavy atom. The Hall–Kier alpha value is -1.88. The van der Waals surface area contributed by atoms with Gasteiger partial charge in [-0.1, -0.05) is 34.1 Å². The molecular weight excluding hydrogens is 313 g/mol. The summed E-state index contributed by atoms with van der Waals surface area (Å²) in [6.45, 7) is 0. The summed E-state index contributed by atoms with van der Waals surface area (Å²) in [5.74, 6) is -1.44. The van der Waals surface area contributed by atoms with Gasteiger partial charge in [0.1, 0.15) is 5.82 Å². The van der Waals surface area contributed by atoms with Crippen LogP contribution in [0.4, 0.5) is 10.1 Å². The van der Waals surface area contributed by atoms with E-state index in [1.165, 1.54) is 18.2 Å². The molecule has 2 aromatic carbocycles. The van der Waals surface area contributed by atoms with Gasteiger partial charge in [-0.25, -0.2) is 9.18 Å². The van der Waals surface area contributed by atoms with Gasteiger partial charge in [0.15, 0.2) is 6.04 Å². The van der Waals surface area contributed by atoms with Crippen LogP contribution < -0.4 is 5.32 Å². The predicted molar refractivity (Wildman–Crippen MR) is 74.5 cm³/mol. The zero-order valence-electron chi connectivity index (χ0n) is 9.81. The van der Waals surface area contributed by atoms with E-state index in [2.05, 4.69) is 21.2 Å². The second kappa shape index (κ2) is 5.84. The van der Waals surface area contributed by atoms with E-state index in [4.69, 9.17) is 0 Å². The van der Waals surface area contributed by atoms with Gasteiger partial charge < -0.3 is 10.4 Å². The van der Waals surface area contributed by atoms with Gasteiger partial charge in [-0.3, -0.25) is 0 Å². The molecule has 0 heterocycles. The summed E-state index contributed by atoms with van der Waals surface area (Å²) >= 11 is 3.30. The minimum atomic E-state index is -1.03. The molecule has 0 aliphatic carbocycles. The third-order valence-electron chi connectivity index (χ3n) is 2.56. The van der Waals surface area contributed by atoms with Gasteiger partial charge in [0.25, 0.3) is 0 Å².